The van der Waals surface area contributed by atoms with Crippen LogP contribution in [0.5, 0.6) is 11.5 Å². The van der Waals surface area contributed by atoms with Gasteiger partial charge in [0.25, 0.3) is 5.91 Å². The molecule has 2 aromatic rings. The monoisotopic (exact) mass is 389 g/mol. The number of benzene rings is 1. The van der Waals surface area contributed by atoms with Crippen molar-refractivity contribution in [1.29, 1.82) is 0 Å². The van der Waals surface area contributed by atoms with Gasteiger partial charge in [0.15, 0.2) is 23.4 Å². The second kappa shape index (κ2) is 8.68. The Morgan fingerprint density at radius 3 is 2.78 bits per heavy atom. The Labute approximate surface area is 160 Å². The fraction of sp³-hybridized carbons (Fsp3) is 0.316. The number of nitrogens with one attached hydrogen (secondary N) is 1. The van der Waals surface area contributed by atoms with Crippen LogP contribution < -0.4 is 14.8 Å². The van der Waals surface area contributed by atoms with Crippen molar-refractivity contribution in [2.45, 2.75) is 32.4 Å². The molecule has 3 rings (SSSR count). The minimum absolute atomic E-state index is 0.0590. The lowest BCUT2D eigenvalue weighted by Gasteiger charge is -2.13. The average molecular weight is 389 g/mol. The van der Waals surface area contributed by atoms with Crippen LogP contribution in [0.1, 0.15) is 35.0 Å². The molecule has 0 fully saturated rings. The van der Waals surface area contributed by atoms with Crippen molar-refractivity contribution < 1.29 is 28.6 Å². The molecule has 1 atom stereocenters. The Bertz CT molecular complexity index is 833. The molecule has 8 heteroatoms. The molecule has 1 N–H and O–H groups in total. The van der Waals surface area contributed by atoms with Gasteiger partial charge in [-0.1, -0.05) is 12.1 Å². The predicted molar refractivity (Wildman–Crippen MR) is 97.8 cm³/mol. The van der Waals surface area contributed by atoms with E-state index in [1.165, 1.54) is 18.3 Å². The van der Waals surface area contributed by atoms with Crippen molar-refractivity contribution in [2.24, 2.45) is 0 Å². The molecule has 0 aliphatic carbocycles. The van der Waals surface area contributed by atoms with Gasteiger partial charge in [-0.2, -0.15) is 0 Å². The number of carbonyl (C=O) groups excluding carboxylic acids is 3. The number of esters is 1. The normalized spacial score (nSPS) is 13.1. The molecule has 0 bridgehead atoms. The van der Waals surface area contributed by atoms with Gasteiger partial charge in [-0.05, 0) is 36.1 Å². The molecule has 1 aliphatic rings. The fourth-order valence-corrected chi connectivity index (χ4v) is 3.16. The summed E-state index contributed by atoms with van der Waals surface area (Å²) < 4.78 is 15.6. The Kier molecular flexibility index (Phi) is 6.08. The van der Waals surface area contributed by atoms with Crippen molar-refractivity contribution in [2.75, 3.05) is 6.79 Å². The number of hydrogen-bond acceptors (Lipinski definition) is 7. The number of ether oxygens (including phenoxy) is 3. The molecule has 0 spiro atoms. The highest BCUT2D eigenvalue weighted by molar-refractivity contribution is 7.12. The van der Waals surface area contributed by atoms with Gasteiger partial charge in [0.1, 0.15) is 0 Å². The molecule has 0 saturated carbocycles. The number of hydrogen-bond donors (Lipinski definition) is 1. The van der Waals surface area contributed by atoms with E-state index in [0.717, 1.165) is 5.56 Å². The summed E-state index contributed by atoms with van der Waals surface area (Å²) in [6.07, 6.45) is -0.940. The zero-order chi connectivity index (χ0) is 19.2. The minimum atomic E-state index is -0.941. The van der Waals surface area contributed by atoms with E-state index < -0.39 is 18.0 Å². The molecule has 1 unspecified atom stereocenters. The van der Waals surface area contributed by atoms with E-state index in [2.05, 4.69) is 5.32 Å². The molecule has 0 saturated heterocycles. The van der Waals surface area contributed by atoms with Crippen LogP contribution in [-0.4, -0.2) is 30.6 Å². The molecule has 0 radical (unpaired) electrons. The van der Waals surface area contributed by atoms with Gasteiger partial charge < -0.3 is 19.5 Å². The maximum atomic E-state index is 12.1. The van der Waals surface area contributed by atoms with Crippen LogP contribution in [0.25, 0.3) is 0 Å². The summed E-state index contributed by atoms with van der Waals surface area (Å²) >= 11 is 1.33. The number of amides is 1. The third-order valence-electron chi connectivity index (χ3n) is 3.93. The van der Waals surface area contributed by atoms with Gasteiger partial charge in [-0.15, -0.1) is 11.3 Å². The summed E-state index contributed by atoms with van der Waals surface area (Å²) in [5, 5.41) is 4.51. The van der Waals surface area contributed by atoms with E-state index >= 15 is 0 Å². The highest BCUT2D eigenvalue weighted by atomic mass is 32.1. The second-order valence-electron chi connectivity index (χ2n) is 5.94. The third-order valence-corrected chi connectivity index (χ3v) is 4.84. The van der Waals surface area contributed by atoms with Gasteiger partial charge in [0.2, 0.25) is 6.79 Å². The Hall–Kier alpha value is -2.87. The second-order valence-corrected chi connectivity index (χ2v) is 6.89. The first-order valence-electron chi connectivity index (χ1n) is 8.45. The van der Waals surface area contributed by atoms with E-state index in [-0.39, 0.29) is 32.0 Å². The van der Waals surface area contributed by atoms with Gasteiger partial charge in [0, 0.05) is 13.0 Å². The quantitative estimate of drug-likeness (QED) is 0.551. The van der Waals surface area contributed by atoms with Gasteiger partial charge in [-0.3, -0.25) is 14.4 Å². The third kappa shape index (κ3) is 5.07. The zero-order valence-corrected chi connectivity index (χ0v) is 15.5. The number of Topliss-reactive ketones (excluding diaryl/α,β-unsaturated/α-hetero) is 1. The number of rotatable bonds is 8. The van der Waals surface area contributed by atoms with E-state index in [1.807, 2.05) is 6.07 Å². The molecule has 142 valence electrons. The predicted octanol–water partition coefficient (Wildman–Crippen LogP) is 2.69. The van der Waals surface area contributed by atoms with Crippen molar-refractivity contribution in [3.05, 3.63) is 46.2 Å². The SMILES string of the molecule is CC(OC(=O)CCC(=O)c1cccs1)C(=O)NCc1ccc2c(c1)OCO2. The Morgan fingerprint density at radius 2 is 2.00 bits per heavy atom. The van der Waals surface area contributed by atoms with Crippen molar-refractivity contribution in [3.63, 3.8) is 0 Å². The van der Waals surface area contributed by atoms with Gasteiger partial charge in [-0.25, -0.2) is 0 Å². The number of carbonyl (C=O) groups is 3. The molecule has 27 heavy (non-hydrogen) atoms. The first-order chi connectivity index (χ1) is 13.0. The highest BCUT2D eigenvalue weighted by Crippen LogP contribution is 2.32. The summed E-state index contributed by atoms with van der Waals surface area (Å²) in [6.45, 7) is 1.95. The van der Waals surface area contributed by atoms with E-state index in [0.29, 0.717) is 16.4 Å². The van der Waals surface area contributed by atoms with Crippen LogP contribution in [0.15, 0.2) is 35.7 Å². The van der Waals surface area contributed by atoms with Crippen LogP contribution in [-0.2, 0) is 20.9 Å². The maximum absolute atomic E-state index is 12.1. The first kappa shape index (κ1) is 18.9. The van der Waals surface area contributed by atoms with Gasteiger partial charge >= 0.3 is 5.97 Å². The van der Waals surface area contributed by atoms with Crippen molar-refractivity contribution in [3.8, 4) is 11.5 Å². The number of thiophene rings is 1. The average Bonchev–Trinajstić information content (AvgIpc) is 3.35. The smallest absolute Gasteiger partial charge is 0.307 e. The summed E-state index contributed by atoms with van der Waals surface area (Å²) in [6, 6.07) is 8.88. The van der Waals surface area contributed by atoms with E-state index in [4.69, 9.17) is 14.2 Å². The van der Waals surface area contributed by atoms with E-state index in [9.17, 15) is 14.4 Å². The molecule has 1 aromatic carbocycles. The first-order valence-corrected chi connectivity index (χ1v) is 9.33. The molecule has 1 amide bonds. The lowest BCUT2D eigenvalue weighted by Crippen LogP contribution is -2.35. The Balaban J connectivity index is 1.40. The van der Waals surface area contributed by atoms with Crippen LogP contribution in [0, 0.1) is 0 Å². The van der Waals surface area contributed by atoms with Crippen LogP contribution in [0.2, 0.25) is 0 Å². The van der Waals surface area contributed by atoms with Gasteiger partial charge in [0.05, 0.1) is 11.3 Å². The molecular formula is C19H19NO6S. The summed E-state index contributed by atoms with van der Waals surface area (Å²) in [7, 11) is 0. The summed E-state index contributed by atoms with van der Waals surface area (Å²) in [5.41, 5.74) is 0.840. The maximum Gasteiger partial charge on any atom is 0.307 e. The van der Waals surface area contributed by atoms with Crippen LogP contribution in [0.3, 0.4) is 0 Å². The molecule has 7 nitrogen and oxygen atoms in total. The van der Waals surface area contributed by atoms with Crippen LogP contribution in [0.4, 0.5) is 0 Å². The lowest BCUT2D eigenvalue weighted by molar-refractivity contribution is -0.154. The van der Waals surface area contributed by atoms with Crippen molar-refractivity contribution >= 4 is 29.0 Å². The minimum Gasteiger partial charge on any atom is -0.454 e. The molecule has 2 heterocycles. The molecular weight excluding hydrogens is 370 g/mol. The standard InChI is InChI=1S/C19H19NO6S/c1-12(26-18(22)7-5-14(21)17-3-2-8-27-17)19(23)20-10-13-4-6-15-16(9-13)25-11-24-15/h2-4,6,8-9,12H,5,7,10-11H2,1H3,(H,20,23). The topological polar surface area (TPSA) is 90.9 Å². The number of ketones is 1. The Morgan fingerprint density at radius 1 is 1.19 bits per heavy atom. The number of fused-ring (bicyclic) bond motifs is 1. The fourth-order valence-electron chi connectivity index (χ4n) is 2.47. The summed E-state index contributed by atoms with van der Waals surface area (Å²) in [4.78, 5) is 36.4. The summed E-state index contributed by atoms with van der Waals surface area (Å²) in [5.74, 6) is 0.208. The largest absolute Gasteiger partial charge is 0.454 e. The zero-order valence-electron chi connectivity index (χ0n) is 14.7. The van der Waals surface area contributed by atoms with Crippen LogP contribution >= 0.6 is 11.3 Å². The molecule has 1 aromatic heterocycles. The molecule has 1 aliphatic heterocycles. The van der Waals surface area contributed by atoms with E-state index in [1.54, 1.807) is 29.6 Å². The lowest BCUT2D eigenvalue weighted by atomic mass is 10.2. The highest BCUT2D eigenvalue weighted by Gasteiger charge is 2.19. The van der Waals surface area contributed by atoms with Crippen molar-refractivity contribution in [1.82, 2.24) is 5.32 Å².